The van der Waals surface area contributed by atoms with Crippen LogP contribution in [0.1, 0.15) is 24.2 Å². The molecule has 14 heavy (non-hydrogen) atoms. The molecule has 0 atom stereocenters. The van der Waals surface area contributed by atoms with E-state index < -0.39 is 0 Å². The summed E-state index contributed by atoms with van der Waals surface area (Å²) in [4.78, 5) is 15.8. The molecular formula is C9H15N4O+. The van der Waals surface area contributed by atoms with Gasteiger partial charge >= 0.3 is 0 Å². The largest absolute Gasteiger partial charge is 0.338 e. The zero-order valence-electron chi connectivity index (χ0n) is 8.66. The second-order valence-electron chi connectivity index (χ2n) is 3.88. The van der Waals surface area contributed by atoms with Crippen molar-refractivity contribution in [3.8, 4) is 0 Å². The highest BCUT2D eigenvalue weighted by molar-refractivity contribution is 6.00. The lowest BCUT2D eigenvalue weighted by molar-refractivity contribution is -0.448. The molecule has 1 aromatic rings. The first-order valence-corrected chi connectivity index (χ1v) is 4.72. The third kappa shape index (κ3) is 1.16. The number of hydrogen-bond acceptors (Lipinski definition) is 2. The Bertz CT molecular complexity index is 357. The molecule has 2 rings (SSSR count). The van der Waals surface area contributed by atoms with Crippen LogP contribution in [0.3, 0.4) is 0 Å². The second-order valence-corrected chi connectivity index (χ2v) is 3.88. The summed E-state index contributed by atoms with van der Waals surface area (Å²) in [7, 11) is 1.96. The molecule has 0 unspecified atom stereocenters. The third-order valence-electron chi connectivity index (χ3n) is 2.52. The molecule has 0 aliphatic carbocycles. The Morgan fingerprint density at radius 3 is 2.93 bits per heavy atom. The van der Waals surface area contributed by atoms with E-state index in [0.717, 1.165) is 5.82 Å². The van der Waals surface area contributed by atoms with Gasteiger partial charge in [-0.25, -0.2) is 0 Å². The van der Waals surface area contributed by atoms with Crippen LogP contribution < -0.4 is 10.00 Å². The van der Waals surface area contributed by atoms with Gasteiger partial charge in [-0.1, -0.05) is 0 Å². The summed E-state index contributed by atoms with van der Waals surface area (Å²) in [6.45, 7) is 4.68. The van der Waals surface area contributed by atoms with Gasteiger partial charge in [0.15, 0.2) is 11.4 Å². The first kappa shape index (κ1) is 9.05. The van der Waals surface area contributed by atoms with Gasteiger partial charge in [-0.15, -0.1) is 5.10 Å². The van der Waals surface area contributed by atoms with Crippen LogP contribution in [0.5, 0.6) is 0 Å². The summed E-state index contributed by atoms with van der Waals surface area (Å²) in [6.07, 6.45) is 1.71. The van der Waals surface area contributed by atoms with E-state index in [9.17, 15) is 4.79 Å². The van der Waals surface area contributed by atoms with Gasteiger partial charge in [-0.05, 0) is 13.8 Å². The first-order chi connectivity index (χ1) is 6.61. The van der Waals surface area contributed by atoms with Crippen molar-refractivity contribution in [3.63, 3.8) is 0 Å². The number of nitrogens with one attached hydrogen (secondary N) is 2. The Labute approximate surface area is 82.7 Å². The van der Waals surface area contributed by atoms with Crippen LogP contribution in [-0.4, -0.2) is 35.7 Å². The van der Waals surface area contributed by atoms with Crippen molar-refractivity contribution >= 4 is 11.7 Å². The number of fused-ring (bicyclic) bond motifs is 1. The van der Waals surface area contributed by atoms with E-state index in [1.54, 1.807) is 6.20 Å². The normalized spacial score (nSPS) is 16.4. The molecule has 1 aromatic heterocycles. The van der Waals surface area contributed by atoms with Crippen LogP contribution >= 0.6 is 0 Å². The topological polar surface area (TPSA) is 53.5 Å². The monoisotopic (exact) mass is 195 g/mol. The van der Waals surface area contributed by atoms with Crippen molar-refractivity contribution < 1.29 is 9.89 Å². The Kier molecular flexibility index (Phi) is 1.94. The first-order valence-electron chi connectivity index (χ1n) is 4.72. The molecule has 0 saturated carbocycles. The van der Waals surface area contributed by atoms with E-state index in [2.05, 4.69) is 10.2 Å². The third-order valence-corrected chi connectivity index (χ3v) is 2.52. The molecule has 1 aliphatic heterocycles. The average molecular weight is 195 g/mol. The number of aromatic amines is 2. The molecule has 0 aromatic carbocycles. The molecule has 76 valence electrons. The molecule has 0 bridgehead atoms. The smallest absolute Gasteiger partial charge is 0.265 e. The lowest BCUT2D eigenvalue weighted by Gasteiger charge is -2.34. The quantitative estimate of drug-likeness (QED) is 0.690. The number of aromatic nitrogens is 2. The maximum Gasteiger partial charge on any atom is 0.265 e. The Morgan fingerprint density at radius 2 is 2.29 bits per heavy atom. The second kappa shape index (κ2) is 3.01. The summed E-state index contributed by atoms with van der Waals surface area (Å²) in [6, 6.07) is 0.230. The Balaban J connectivity index is 2.39. The lowest BCUT2D eigenvalue weighted by atomic mass is 10.2. The van der Waals surface area contributed by atoms with E-state index in [1.165, 1.54) is 0 Å². The highest BCUT2D eigenvalue weighted by Gasteiger charge is 2.32. The average Bonchev–Trinajstić information content (AvgIpc) is 2.59. The summed E-state index contributed by atoms with van der Waals surface area (Å²) < 4.78 is 0. The van der Waals surface area contributed by atoms with Crippen LogP contribution in [0.4, 0.5) is 5.82 Å². The predicted octanol–water partition coefficient (Wildman–Crippen LogP) is 0.0867. The van der Waals surface area contributed by atoms with E-state index in [-0.39, 0.29) is 11.9 Å². The number of amides is 1. The van der Waals surface area contributed by atoms with Gasteiger partial charge in [0.2, 0.25) is 6.20 Å². The predicted molar refractivity (Wildman–Crippen MR) is 51.9 cm³/mol. The summed E-state index contributed by atoms with van der Waals surface area (Å²) in [5.74, 6) is 0.956. The summed E-state index contributed by atoms with van der Waals surface area (Å²) >= 11 is 0. The number of anilines is 1. The summed E-state index contributed by atoms with van der Waals surface area (Å²) in [5.41, 5.74) is 0.715. The highest BCUT2D eigenvalue weighted by atomic mass is 16.2. The van der Waals surface area contributed by atoms with E-state index in [1.807, 2.05) is 30.7 Å². The van der Waals surface area contributed by atoms with Crippen LogP contribution in [-0.2, 0) is 0 Å². The van der Waals surface area contributed by atoms with Gasteiger partial charge in [0, 0.05) is 13.1 Å². The van der Waals surface area contributed by atoms with Gasteiger partial charge in [0.1, 0.15) is 0 Å². The number of hydrogen-bond donors (Lipinski definition) is 1. The van der Waals surface area contributed by atoms with Crippen LogP contribution in [0, 0.1) is 0 Å². The van der Waals surface area contributed by atoms with E-state index in [4.69, 9.17) is 0 Å². The lowest BCUT2D eigenvalue weighted by Crippen LogP contribution is -2.48. The molecule has 0 spiro atoms. The van der Waals surface area contributed by atoms with Gasteiger partial charge in [0.25, 0.3) is 5.91 Å². The minimum atomic E-state index is 0.0885. The Hall–Kier alpha value is -1.52. The zero-order chi connectivity index (χ0) is 10.3. The van der Waals surface area contributed by atoms with Gasteiger partial charge in [-0.2, -0.15) is 5.10 Å². The summed E-state index contributed by atoms with van der Waals surface area (Å²) in [5, 5.41) is 5.80. The SMILES string of the molecule is CC(C)N1CN(C)c2[nH][nH+]cc2C1=O. The van der Waals surface area contributed by atoms with Crippen molar-refractivity contribution in [2.75, 3.05) is 18.6 Å². The minimum absolute atomic E-state index is 0.0885. The molecule has 0 fully saturated rings. The van der Waals surface area contributed by atoms with Crippen LogP contribution in [0.15, 0.2) is 6.20 Å². The fraction of sp³-hybridized carbons (Fsp3) is 0.556. The molecule has 5 heteroatoms. The van der Waals surface area contributed by atoms with Gasteiger partial charge < -0.3 is 9.80 Å². The molecule has 5 nitrogen and oxygen atoms in total. The van der Waals surface area contributed by atoms with E-state index in [0.29, 0.717) is 12.2 Å². The highest BCUT2D eigenvalue weighted by Crippen LogP contribution is 2.22. The fourth-order valence-corrected chi connectivity index (χ4v) is 1.69. The van der Waals surface area contributed by atoms with Crippen LogP contribution in [0.25, 0.3) is 0 Å². The molecule has 2 heterocycles. The number of carbonyl (C=O) groups is 1. The molecule has 0 radical (unpaired) electrons. The van der Waals surface area contributed by atoms with Gasteiger partial charge in [0.05, 0.1) is 6.67 Å². The fourth-order valence-electron chi connectivity index (χ4n) is 1.69. The minimum Gasteiger partial charge on any atom is -0.338 e. The number of rotatable bonds is 1. The standard InChI is InChI=1S/C9H14N4O/c1-6(2)13-5-12(3)8-7(9(13)14)4-10-11-8/h4,6H,5H2,1-3H3,(H,10,11)/p+1. The molecule has 0 saturated heterocycles. The van der Waals surface area contributed by atoms with E-state index >= 15 is 0 Å². The van der Waals surface area contributed by atoms with Gasteiger partial charge in [-0.3, -0.25) is 4.79 Å². The molecule has 1 amide bonds. The zero-order valence-corrected chi connectivity index (χ0v) is 8.66. The van der Waals surface area contributed by atoms with Crippen molar-refractivity contribution in [1.29, 1.82) is 0 Å². The van der Waals surface area contributed by atoms with Crippen molar-refractivity contribution in [1.82, 2.24) is 10.00 Å². The maximum atomic E-state index is 11.9. The number of carbonyl (C=O) groups excluding carboxylic acids is 1. The Morgan fingerprint density at radius 1 is 1.57 bits per heavy atom. The molecular weight excluding hydrogens is 180 g/mol. The number of H-pyrrole nitrogens is 2. The van der Waals surface area contributed by atoms with Crippen molar-refractivity contribution in [2.24, 2.45) is 0 Å². The van der Waals surface area contributed by atoms with Crippen LogP contribution in [0.2, 0.25) is 0 Å². The number of nitrogens with zero attached hydrogens (tertiary/aromatic N) is 2. The maximum absolute atomic E-state index is 11.9. The van der Waals surface area contributed by atoms with Crippen molar-refractivity contribution in [2.45, 2.75) is 19.9 Å². The molecule has 2 N–H and O–H groups in total. The molecule has 1 aliphatic rings. The van der Waals surface area contributed by atoms with Crippen molar-refractivity contribution in [3.05, 3.63) is 11.8 Å².